The summed E-state index contributed by atoms with van der Waals surface area (Å²) >= 11 is 1.68. The van der Waals surface area contributed by atoms with Gasteiger partial charge in [0.1, 0.15) is 0 Å². The highest BCUT2D eigenvalue weighted by molar-refractivity contribution is 7.98. The molecule has 1 heterocycles. The average molecular weight is 339 g/mol. The number of rotatable bonds is 5. The zero-order valence-corrected chi connectivity index (χ0v) is 14.7. The summed E-state index contributed by atoms with van der Waals surface area (Å²) in [7, 11) is 0. The summed E-state index contributed by atoms with van der Waals surface area (Å²) in [6.45, 7) is 2.42. The van der Waals surface area contributed by atoms with E-state index in [0.717, 1.165) is 30.1 Å². The van der Waals surface area contributed by atoms with Crippen molar-refractivity contribution in [2.45, 2.75) is 11.3 Å². The van der Waals surface area contributed by atoms with Gasteiger partial charge in [0.2, 0.25) is 0 Å². The number of anilines is 1. The van der Waals surface area contributed by atoms with Crippen LogP contribution in [-0.2, 0) is 4.79 Å². The lowest BCUT2D eigenvalue weighted by molar-refractivity contribution is -0.886. The summed E-state index contributed by atoms with van der Waals surface area (Å²) < 4.78 is 0. The molecule has 0 saturated heterocycles. The van der Waals surface area contributed by atoms with E-state index in [-0.39, 0.29) is 5.91 Å². The fourth-order valence-corrected chi connectivity index (χ4v) is 3.45. The van der Waals surface area contributed by atoms with Gasteiger partial charge < -0.3 is 10.2 Å². The van der Waals surface area contributed by atoms with Gasteiger partial charge in [-0.1, -0.05) is 36.4 Å². The summed E-state index contributed by atoms with van der Waals surface area (Å²) in [5.41, 5.74) is 3.58. The molecule has 2 aromatic carbocycles. The van der Waals surface area contributed by atoms with E-state index in [2.05, 4.69) is 35.7 Å². The van der Waals surface area contributed by atoms with Crippen LogP contribution in [0.5, 0.6) is 0 Å². The first-order valence-electron chi connectivity index (χ1n) is 8.26. The molecule has 1 unspecified atom stereocenters. The van der Waals surface area contributed by atoms with Crippen LogP contribution in [0.1, 0.15) is 12.0 Å². The Hall–Kier alpha value is -2.04. The van der Waals surface area contributed by atoms with E-state index in [9.17, 15) is 4.79 Å². The highest BCUT2D eigenvalue weighted by Gasteiger charge is 2.18. The second-order valence-electron chi connectivity index (χ2n) is 6.01. The normalized spacial score (nSPS) is 17.2. The van der Waals surface area contributed by atoms with Gasteiger partial charge in [-0.25, -0.2) is 0 Å². The van der Waals surface area contributed by atoms with Crippen molar-refractivity contribution < 1.29 is 9.69 Å². The molecule has 24 heavy (non-hydrogen) atoms. The van der Waals surface area contributed by atoms with E-state index in [0.29, 0.717) is 6.54 Å². The molecule has 1 amide bonds. The van der Waals surface area contributed by atoms with Gasteiger partial charge in [0, 0.05) is 17.0 Å². The average Bonchev–Trinajstić information content (AvgIpc) is 2.63. The lowest BCUT2D eigenvalue weighted by Gasteiger charge is -2.23. The topological polar surface area (TPSA) is 33.5 Å². The summed E-state index contributed by atoms with van der Waals surface area (Å²) in [6.07, 6.45) is 5.33. The fraction of sp³-hybridized carbons (Fsp3) is 0.250. The van der Waals surface area contributed by atoms with Gasteiger partial charge in [0.15, 0.2) is 6.54 Å². The van der Waals surface area contributed by atoms with E-state index in [1.54, 1.807) is 11.8 Å². The molecule has 2 N–H and O–H groups in total. The van der Waals surface area contributed by atoms with Crippen LogP contribution >= 0.6 is 11.8 Å². The van der Waals surface area contributed by atoms with Crippen LogP contribution in [0.15, 0.2) is 65.6 Å². The predicted molar refractivity (Wildman–Crippen MR) is 101 cm³/mol. The second-order valence-corrected chi connectivity index (χ2v) is 6.89. The van der Waals surface area contributed by atoms with Crippen molar-refractivity contribution in [3.05, 3.63) is 66.2 Å². The Labute approximate surface area is 147 Å². The van der Waals surface area contributed by atoms with Crippen molar-refractivity contribution in [1.82, 2.24) is 0 Å². The lowest BCUT2D eigenvalue weighted by Crippen LogP contribution is -3.13. The summed E-state index contributed by atoms with van der Waals surface area (Å²) in [6, 6.07) is 18.5. The Morgan fingerprint density at radius 3 is 2.71 bits per heavy atom. The summed E-state index contributed by atoms with van der Waals surface area (Å²) in [5, 5.41) is 3.01. The molecule has 1 aliphatic rings. The highest BCUT2D eigenvalue weighted by Crippen LogP contribution is 2.19. The third-order valence-electron chi connectivity index (χ3n) is 4.29. The van der Waals surface area contributed by atoms with Gasteiger partial charge >= 0.3 is 0 Å². The van der Waals surface area contributed by atoms with Gasteiger partial charge in [-0.05, 0) is 41.7 Å². The maximum absolute atomic E-state index is 12.3. The van der Waals surface area contributed by atoms with E-state index in [1.165, 1.54) is 16.0 Å². The first-order valence-corrected chi connectivity index (χ1v) is 9.49. The summed E-state index contributed by atoms with van der Waals surface area (Å²) in [5.74, 6) is 0.0832. The maximum atomic E-state index is 12.3. The number of nitrogens with one attached hydrogen (secondary N) is 2. The van der Waals surface area contributed by atoms with Crippen molar-refractivity contribution in [2.24, 2.45) is 0 Å². The molecule has 0 radical (unpaired) electrons. The van der Waals surface area contributed by atoms with Crippen LogP contribution in [0.2, 0.25) is 0 Å². The highest BCUT2D eigenvalue weighted by atomic mass is 32.2. The van der Waals surface area contributed by atoms with E-state index < -0.39 is 0 Å². The van der Waals surface area contributed by atoms with Gasteiger partial charge in [0.05, 0.1) is 13.1 Å². The molecular formula is C20H23N2OS+. The minimum Gasteiger partial charge on any atom is -0.324 e. The standard InChI is InChI=1S/C20H22N2OS/c1-24-19-9-5-8-18(14-19)21-20(23)15-22-12-10-17(11-13-22)16-6-3-2-4-7-16/h2-10,14H,11-13,15H2,1H3,(H,21,23)/p+1. The van der Waals surface area contributed by atoms with Gasteiger partial charge in [-0.15, -0.1) is 11.8 Å². The SMILES string of the molecule is CSc1cccc(NC(=O)C[NH+]2CC=C(c3ccccc3)CC2)c1. The van der Waals surface area contributed by atoms with E-state index in [4.69, 9.17) is 0 Å². The Morgan fingerprint density at radius 1 is 1.17 bits per heavy atom. The van der Waals surface area contributed by atoms with Crippen molar-refractivity contribution in [3.63, 3.8) is 0 Å². The van der Waals surface area contributed by atoms with Crippen LogP contribution in [0.25, 0.3) is 5.57 Å². The monoisotopic (exact) mass is 339 g/mol. The molecule has 2 aromatic rings. The lowest BCUT2D eigenvalue weighted by atomic mass is 10.00. The Morgan fingerprint density at radius 2 is 2.00 bits per heavy atom. The Balaban J connectivity index is 1.54. The predicted octanol–water partition coefficient (Wildman–Crippen LogP) is 2.72. The number of benzene rings is 2. The van der Waals surface area contributed by atoms with E-state index in [1.807, 2.05) is 36.6 Å². The quantitative estimate of drug-likeness (QED) is 0.821. The number of hydrogen-bond acceptors (Lipinski definition) is 2. The van der Waals surface area contributed by atoms with Crippen molar-refractivity contribution in [1.29, 1.82) is 0 Å². The van der Waals surface area contributed by atoms with Crippen LogP contribution in [0.4, 0.5) is 5.69 Å². The molecule has 1 atom stereocenters. The van der Waals surface area contributed by atoms with Crippen molar-refractivity contribution >= 4 is 28.9 Å². The molecule has 0 bridgehead atoms. The molecule has 124 valence electrons. The molecular weight excluding hydrogens is 316 g/mol. The largest absolute Gasteiger partial charge is 0.324 e. The molecule has 3 rings (SSSR count). The van der Waals surface area contributed by atoms with Crippen LogP contribution < -0.4 is 10.2 Å². The molecule has 3 nitrogen and oxygen atoms in total. The number of carbonyl (C=O) groups is 1. The zero-order valence-electron chi connectivity index (χ0n) is 13.9. The molecule has 0 aromatic heterocycles. The minimum absolute atomic E-state index is 0.0832. The summed E-state index contributed by atoms with van der Waals surface area (Å²) in [4.78, 5) is 14.7. The van der Waals surface area contributed by atoms with Gasteiger partial charge in [0.25, 0.3) is 5.91 Å². The van der Waals surface area contributed by atoms with Crippen LogP contribution in [0.3, 0.4) is 0 Å². The first-order chi connectivity index (χ1) is 11.7. The number of quaternary nitrogens is 1. The third kappa shape index (κ3) is 4.49. The van der Waals surface area contributed by atoms with Gasteiger partial charge in [-0.2, -0.15) is 0 Å². The number of hydrogen-bond donors (Lipinski definition) is 2. The Bertz CT molecular complexity index is 727. The molecule has 0 aliphatic carbocycles. The maximum Gasteiger partial charge on any atom is 0.279 e. The van der Waals surface area contributed by atoms with Crippen LogP contribution in [0, 0.1) is 0 Å². The first kappa shape index (κ1) is 16.8. The number of thioether (sulfide) groups is 1. The zero-order chi connectivity index (χ0) is 16.8. The molecule has 0 saturated carbocycles. The van der Waals surface area contributed by atoms with Gasteiger partial charge in [-0.3, -0.25) is 4.79 Å². The van der Waals surface area contributed by atoms with Crippen LogP contribution in [-0.4, -0.2) is 31.8 Å². The van der Waals surface area contributed by atoms with Crippen molar-refractivity contribution in [3.8, 4) is 0 Å². The van der Waals surface area contributed by atoms with Crippen molar-refractivity contribution in [2.75, 3.05) is 31.2 Å². The smallest absolute Gasteiger partial charge is 0.279 e. The Kier molecular flexibility index (Phi) is 5.72. The third-order valence-corrected chi connectivity index (χ3v) is 5.02. The molecule has 0 fully saturated rings. The fourth-order valence-electron chi connectivity index (χ4n) is 2.99. The van der Waals surface area contributed by atoms with E-state index >= 15 is 0 Å². The minimum atomic E-state index is 0.0832. The second kappa shape index (κ2) is 8.18. The molecule has 1 aliphatic heterocycles. The molecule has 4 heteroatoms. The number of carbonyl (C=O) groups excluding carboxylic acids is 1. The number of amides is 1. The molecule has 0 spiro atoms.